The lowest BCUT2D eigenvalue weighted by Gasteiger charge is -2.23. The number of nitrogens with zero attached hydrogens (tertiary/aromatic N) is 4. The minimum Gasteiger partial charge on any atom is -0.354 e. The second-order valence-electron chi connectivity index (χ2n) is 5.37. The third kappa shape index (κ3) is 3.59. The van der Waals surface area contributed by atoms with Gasteiger partial charge in [0.15, 0.2) is 0 Å². The molecule has 2 rings (SSSR count). The van der Waals surface area contributed by atoms with Crippen molar-refractivity contribution in [3.05, 3.63) is 15.8 Å². The smallest absolute Gasteiger partial charge is 0.332 e. The summed E-state index contributed by atoms with van der Waals surface area (Å²) in [6.45, 7) is 7.25. The first-order valence-electron chi connectivity index (χ1n) is 7.62. The maximum atomic E-state index is 11.4. The highest BCUT2D eigenvalue weighted by molar-refractivity contribution is 5.63. The topological polar surface area (TPSA) is 84.2 Å². The molecule has 7 heteroatoms. The third-order valence-electron chi connectivity index (χ3n) is 3.57. The fourth-order valence-corrected chi connectivity index (χ4v) is 2.38. The van der Waals surface area contributed by atoms with Gasteiger partial charge in [0.25, 0.3) is 0 Å². The van der Waals surface area contributed by atoms with Crippen molar-refractivity contribution in [2.24, 2.45) is 0 Å². The van der Waals surface area contributed by atoms with Crippen molar-refractivity contribution in [3.63, 3.8) is 0 Å². The summed E-state index contributed by atoms with van der Waals surface area (Å²) in [6, 6.07) is 0.388. The molecule has 0 aliphatic heterocycles. The van der Waals surface area contributed by atoms with Gasteiger partial charge in [-0.1, -0.05) is 13.3 Å². The van der Waals surface area contributed by atoms with Crippen LogP contribution in [0.3, 0.4) is 0 Å². The van der Waals surface area contributed by atoms with E-state index >= 15 is 0 Å². The van der Waals surface area contributed by atoms with Crippen LogP contribution in [0.2, 0.25) is 0 Å². The molecule has 1 N–H and O–H groups in total. The van der Waals surface area contributed by atoms with Crippen LogP contribution in [-0.2, 0) is 0 Å². The van der Waals surface area contributed by atoms with Crippen molar-refractivity contribution in [3.8, 4) is 0 Å². The van der Waals surface area contributed by atoms with Crippen LogP contribution in [0.1, 0.15) is 45.2 Å². The zero-order chi connectivity index (χ0) is 15.4. The molecule has 0 bridgehead atoms. The highest BCUT2D eigenvalue weighted by Crippen LogP contribution is 2.37. The van der Waals surface area contributed by atoms with E-state index in [0.717, 1.165) is 32.2 Å². The average molecular weight is 293 g/mol. The van der Waals surface area contributed by atoms with Gasteiger partial charge < -0.3 is 10.2 Å². The Morgan fingerprint density at radius 1 is 1.38 bits per heavy atom. The molecule has 1 aromatic rings. The van der Waals surface area contributed by atoms with Crippen molar-refractivity contribution >= 4 is 17.5 Å². The van der Waals surface area contributed by atoms with Crippen LogP contribution in [0.25, 0.3) is 0 Å². The molecule has 0 radical (unpaired) electrons. The van der Waals surface area contributed by atoms with Crippen molar-refractivity contribution in [1.29, 1.82) is 0 Å². The van der Waals surface area contributed by atoms with Crippen molar-refractivity contribution in [2.45, 2.75) is 52.5 Å². The van der Waals surface area contributed by atoms with Gasteiger partial charge in [-0.2, -0.15) is 4.98 Å². The lowest BCUT2D eigenvalue weighted by molar-refractivity contribution is -0.385. The number of anilines is 2. The van der Waals surface area contributed by atoms with Crippen LogP contribution in [0, 0.1) is 17.0 Å². The molecule has 0 spiro atoms. The Labute approximate surface area is 124 Å². The second kappa shape index (κ2) is 6.69. The third-order valence-corrected chi connectivity index (χ3v) is 3.57. The minimum atomic E-state index is -0.359. The van der Waals surface area contributed by atoms with Gasteiger partial charge in [-0.25, -0.2) is 4.98 Å². The Morgan fingerprint density at radius 3 is 2.62 bits per heavy atom. The standard InChI is InChI=1S/C14H23N5O2/c1-4-6-9-18(11-7-8-11)13-12(19(20)21)10(3)16-14(17-13)15-5-2/h11H,4-9H2,1-3H3,(H,15,16,17). The Balaban J connectivity index is 2.43. The highest BCUT2D eigenvalue weighted by Gasteiger charge is 2.35. The lowest BCUT2D eigenvalue weighted by atomic mass is 10.2. The van der Waals surface area contributed by atoms with Crippen LogP contribution < -0.4 is 10.2 Å². The summed E-state index contributed by atoms with van der Waals surface area (Å²) in [5.41, 5.74) is 0.461. The van der Waals surface area contributed by atoms with Gasteiger partial charge in [-0.05, 0) is 33.1 Å². The van der Waals surface area contributed by atoms with Crippen LogP contribution in [-0.4, -0.2) is 34.0 Å². The summed E-state index contributed by atoms with van der Waals surface area (Å²) in [6.07, 6.45) is 4.23. The number of aryl methyl sites for hydroxylation is 1. The highest BCUT2D eigenvalue weighted by atomic mass is 16.6. The Hall–Kier alpha value is -1.92. The number of unbranched alkanes of at least 4 members (excludes halogenated alkanes) is 1. The summed E-state index contributed by atoms with van der Waals surface area (Å²) in [5.74, 6) is 0.942. The first-order valence-corrected chi connectivity index (χ1v) is 7.62. The zero-order valence-corrected chi connectivity index (χ0v) is 12.9. The number of nitro groups is 1. The molecule has 1 saturated carbocycles. The fourth-order valence-electron chi connectivity index (χ4n) is 2.38. The maximum Gasteiger partial charge on any atom is 0.332 e. The van der Waals surface area contributed by atoms with E-state index in [4.69, 9.17) is 0 Å². The summed E-state index contributed by atoms with van der Waals surface area (Å²) in [5, 5.41) is 14.5. The summed E-state index contributed by atoms with van der Waals surface area (Å²) in [4.78, 5) is 21.8. The van der Waals surface area contributed by atoms with E-state index in [1.54, 1.807) is 6.92 Å². The minimum absolute atomic E-state index is 0.0413. The van der Waals surface area contributed by atoms with Gasteiger partial charge in [-0.15, -0.1) is 0 Å². The van der Waals surface area contributed by atoms with E-state index in [2.05, 4.69) is 27.1 Å². The summed E-state index contributed by atoms with van der Waals surface area (Å²) in [7, 11) is 0. The SMILES string of the molecule is CCCCN(c1nc(NCC)nc(C)c1[N+](=O)[O-])C1CC1. The molecule has 0 atom stereocenters. The number of aromatic nitrogens is 2. The summed E-state index contributed by atoms with van der Waals surface area (Å²) >= 11 is 0. The van der Waals surface area contributed by atoms with E-state index in [-0.39, 0.29) is 10.6 Å². The first kappa shape index (κ1) is 15.5. The molecule has 0 unspecified atom stereocenters. The van der Waals surface area contributed by atoms with Crippen molar-refractivity contribution < 1.29 is 4.92 Å². The molecule has 1 fully saturated rings. The van der Waals surface area contributed by atoms with Crippen molar-refractivity contribution in [1.82, 2.24) is 9.97 Å². The van der Waals surface area contributed by atoms with Crippen LogP contribution in [0.5, 0.6) is 0 Å². The lowest BCUT2D eigenvalue weighted by Crippen LogP contribution is -2.29. The quantitative estimate of drug-likeness (QED) is 0.586. The molecule has 0 amide bonds. The molecular formula is C14H23N5O2. The number of rotatable bonds is 8. The van der Waals surface area contributed by atoms with E-state index < -0.39 is 0 Å². The van der Waals surface area contributed by atoms with Gasteiger partial charge in [0.05, 0.1) is 4.92 Å². The fraction of sp³-hybridized carbons (Fsp3) is 0.714. The Morgan fingerprint density at radius 2 is 2.10 bits per heavy atom. The van der Waals surface area contributed by atoms with E-state index in [1.807, 2.05) is 6.92 Å². The van der Waals surface area contributed by atoms with Gasteiger partial charge in [-0.3, -0.25) is 10.1 Å². The Kier molecular flexibility index (Phi) is 4.93. The van der Waals surface area contributed by atoms with Gasteiger partial charge >= 0.3 is 5.69 Å². The zero-order valence-electron chi connectivity index (χ0n) is 12.9. The molecule has 21 heavy (non-hydrogen) atoms. The predicted octanol–water partition coefficient (Wildman–Crippen LogP) is 2.89. The monoisotopic (exact) mass is 293 g/mol. The molecule has 0 saturated heterocycles. The van der Waals surface area contributed by atoms with E-state index in [1.165, 1.54) is 0 Å². The molecular weight excluding hydrogens is 270 g/mol. The largest absolute Gasteiger partial charge is 0.354 e. The summed E-state index contributed by atoms with van der Waals surface area (Å²) < 4.78 is 0. The molecule has 1 heterocycles. The predicted molar refractivity (Wildman–Crippen MR) is 82.9 cm³/mol. The number of hydrogen-bond acceptors (Lipinski definition) is 6. The van der Waals surface area contributed by atoms with Gasteiger partial charge in [0, 0.05) is 19.1 Å². The molecule has 1 aliphatic carbocycles. The van der Waals surface area contributed by atoms with Crippen LogP contribution >= 0.6 is 0 Å². The molecule has 116 valence electrons. The van der Waals surface area contributed by atoms with Gasteiger partial charge in [0.1, 0.15) is 5.69 Å². The Bertz CT molecular complexity index is 516. The molecule has 1 aliphatic rings. The normalized spacial score (nSPS) is 14.0. The first-order chi connectivity index (χ1) is 10.1. The van der Waals surface area contributed by atoms with Crippen molar-refractivity contribution in [2.75, 3.05) is 23.3 Å². The molecule has 0 aromatic carbocycles. The number of nitrogens with one attached hydrogen (secondary N) is 1. The molecule has 7 nitrogen and oxygen atoms in total. The van der Waals surface area contributed by atoms with E-state index in [0.29, 0.717) is 30.0 Å². The van der Waals surface area contributed by atoms with Gasteiger partial charge in [0.2, 0.25) is 11.8 Å². The second-order valence-corrected chi connectivity index (χ2v) is 5.37. The molecule has 1 aromatic heterocycles. The average Bonchev–Trinajstić information content (AvgIpc) is 3.23. The van der Waals surface area contributed by atoms with E-state index in [9.17, 15) is 10.1 Å². The van der Waals surface area contributed by atoms with Crippen LogP contribution in [0.4, 0.5) is 17.5 Å². The maximum absolute atomic E-state index is 11.4. The van der Waals surface area contributed by atoms with Crippen LogP contribution in [0.15, 0.2) is 0 Å². The number of hydrogen-bond donors (Lipinski definition) is 1.